The highest BCUT2D eigenvalue weighted by Crippen LogP contribution is 2.17. The minimum Gasteiger partial charge on any atom is -0.376 e. The lowest BCUT2D eigenvalue weighted by Crippen LogP contribution is -2.37. The summed E-state index contributed by atoms with van der Waals surface area (Å²) in [6.07, 6.45) is 3.86. The zero-order chi connectivity index (χ0) is 14.4. The molecule has 2 aliphatic rings. The number of nitrogens with zero attached hydrogens (tertiary/aromatic N) is 2. The third-order valence-electron chi connectivity index (χ3n) is 4.05. The second-order valence-electron chi connectivity index (χ2n) is 6.55. The summed E-state index contributed by atoms with van der Waals surface area (Å²) in [5, 5.41) is 3.18. The quantitative estimate of drug-likeness (QED) is 0.564. The number of aliphatic imine (C=N–C) groups is 1. The maximum Gasteiger partial charge on any atom is 0.188 e. The molecule has 0 saturated carbocycles. The molecule has 0 radical (unpaired) electrons. The van der Waals surface area contributed by atoms with Gasteiger partial charge in [-0.3, -0.25) is 4.99 Å². The van der Waals surface area contributed by atoms with Crippen molar-refractivity contribution in [2.45, 2.75) is 39.2 Å². The smallest absolute Gasteiger partial charge is 0.188 e. The molecule has 2 aliphatic heterocycles. The summed E-state index contributed by atoms with van der Waals surface area (Å²) in [6.45, 7) is 10.7. The Morgan fingerprint density at radius 3 is 3.00 bits per heavy atom. The minimum atomic E-state index is 0.316. The van der Waals surface area contributed by atoms with Crippen molar-refractivity contribution in [2.75, 3.05) is 39.3 Å². The van der Waals surface area contributed by atoms with Crippen LogP contribution in [0.4, 0.5) is 0 Å². The number of nitrogens with one attached hydrogen (secondary N) is 1. The van der Waals surface area contributed by atoms with Gasteiger partial charge in [0.1, 0.15) is 0 Å². The van der Waals surface area contributed by atoms with Gasteiger partial charge in [0.2, 0.25) is 0 Å². The molecule has 2 fully saturated rings. The number of likely N-dealkylation sites (tertiary alicyclic amines) is 1. The summed E-state index contributed by atoms with van der Waals surface area (Å²) in [4.78, 5) is 7.02. The Morgan fingerprint density at radius 1 is 1.45 bits per heavy atom. The highest BCUT2D eigenvalue weighted by atomic mass is 16.5. The first-order valence-electron chi connectivity index (χ1n) is 8.01. The molecule has 0 amide bonds. The molecular formula is C15H30N4O. The molecule has 0 spiro atoms. The Bertz CT molecular complexity index is 313. The van der Waals surface area contributed by atoms with Gasteiger partial charge in [-0.15, -0.1) is 0 Å². The number of ether oxygens (including phenoxy) is 1. The van der Waals surface area contributed by atoms with Gasteiger partial charge >= 0.3 is 0 Å². The molecular weight excluding hydrogens is 252 g/mol. The summed E-state index contributed by atoms with van der Waals surface area (Å²) in [5.74, 6) is 1.98. The predicted molar refractivity (Wildman–Crippen MR) is 82.9 cm³/mol. The van der Waals surface area contributed by atoms with Crippen molar-refractivity contribution in [2.24, 2.45) is 22.6 Å². The summed E-state index contributed by atoms with van der Waals surface area (Å²) in [7, 11) is 0. The van der Waals surface area contributed by atoms with E-state index in [2.05, 4.69) is 29.1 Å². The molecule has 116 valence electrons. The Hall–Kier alpha value is -0.810. The second-order valence-corrected chi connectivity index (χ2v) is 6.55. The van der Waals surface area contributed by atoms with E-state index in [1.54, 1.807) is 0 Å². The van der Waals surface area contributed by atoms with Gasteiger partial charge < -0.3 is 20.7 Å². The molecule has 2 unspecified atom stereocenters. The maximum absolute atomic E-state index is 5.92. The Balaban J connectivity index is 1.62. The molecule has 5 heteroatoms. The third-order valence-corrected chi connectivity index (χ3v) is 4.05. The van der Waals surface area contributed by atoms with Crippen molar-refractivity contribution in [1.82, 2.24) is 10.2 Å². The van der Waals surface area contributed by atoms with Crippen LogP contribution in [0.15, 0.2) is 4.99 Å². The SMILES string of the molecule is CC(C)CN1CCC(CN=C(N)NCC2CCCO2)C1. The summed E-state index contributed by atoms with van der Waals surface area (Å²) >= 11 is 0. The highest BCUT2D eigenvalue weighted by molar-refractivity contribution is 5.77. The number of rotatable bonds is 6. The first-order valence-corrected chi connectivity index (χ1v) is 8.01. The lowest BCUT2D eigenvalue weighted by Gasteiger charge is -2.17. The first kappa shape index (κ1) is 15.6. The number of guanidine groups is 1. The molecule has 2 atom stereocenters. The molecule has 5 nitrogen and oxygen atoms in total. The number of hydrogen-bond acceptors (Lipinski definition) is 3. The minimum absolute atomic E-state index is 0.316. The van der Waals surface area contributed by atoms with E-state index in [9.17, 15) is 0 Å². The zero-order valence-corrected chi connectivity index (χ0v) is 13.0. The topological polar surface area (TPSA) is 62.9 Å². The van der Waals surface area contributed by atoms with Gasteiger partial charge in [-0.2, -0.15) is 0 Å². The Kier molecular flexibility index (Phi) is 6.10. The molecule has 0 bridgehead atoms. The van der Waals surface area contributed by atoms with E-state index in [-0.39, 0.29) is 0 Å². The van der Waals surface area contributed by atoms with Crippen LogP contribution < -0.4 is 11.1 Å². The van der Waals surface area contributed by atoms with Crippen LogP contribution in [0.1, 0.15) is 33.1 Å². The van der Waals surface area contributed by atoms with Crippen molar-refractivity contribution >= 4 is 5.96 Å². The van der Waals surface area contributed by atoms with E-state index in [0.717, 1.165) is 38.5 Å². The van der Waals surface area contributed by atoms with Crippen LogP contribution in [0.3, 0.4) is 0 Å². The van der Waals surface area contributed by atoms with E-state index >= 15 is 0 Å². The van der Waals surface area contributed by atoms with Crippen LogP contribution in [0.5, 0.6) is 0 Å². The molecule has 0 aromatic rings. The Morgan fingerprint density at radius 2 is 2.30 bits per heavy atom. The standard InChI is InChI=1S/C15H30N4O/c1-12(2)10-19-6-5-13(11-19)8-17-15(16)18-9-14-4-3-7-20-14/h12-14H,3-11H2,1-2H3,(H3,16,17,18). The molecule has 2 saturated heterocycles. The van der Waals surface area contributed by atoms with Gasteiger partial charge in [-0.25, -0.2) is 0 Å². The number of nitrogens with two attached hydrogens (primary N) is 1. The van der Waals surface area contributed by atoms with Crippen LogP contribution >= 0.6 is 0 Å². The first-order chi connectivity index (χ1) is 9.63. The fraction of sp³-hybridized carbons (Fsp3) is 0.933. The number of hydrogen-bond donors (Lipinski definition) is 2. The van der Waals surface area contributed by atoms with Gasteiger partial charge in [0.15, 0.2) is 5.96 Å². The summed E-state index contributed by atoms with van der Waals surface area (Å²) in [5.41, 5.74) is 5.92. The van der Waals surface area contributed by atoms with Crippen molar-refractivity contribution < 1.29 is 4.74 Å². The lowest BCUT2D eigenvalue weighted by molar-refractivity contribution is 0.114. The lowest BCUT2D eigenvalue weighted by atomic mass is 10.1. The van der Waals surface area contributed by atoms with Gasteiger partial charge in [0.05, 0.1) is 6.10 Å². The van der Waals surface area contributed by atoms with Gasteiger partial charge in [0, 0.05) is 32.8 Å². The molecule has 0 aromatic carbocycles. The Labute approximate surface area is 122 Å². The van der Waals surface area contributed by atoms with Crippen LogP contribution in [-0.4, -0.2) is 56.3 Å². The normalized spacial score (nSPS) is 28.4. The van der Waals surface area contributed by atoms with E-state index in [1.165, 1.54) is 26.1 Å². The summed E-state index contributed by atoms with van der Waals surface area (Å²) < 4.78 is 5.55. The summed E-state index contributed by atoms with van der Waals surface area (Å²) in [6, 6.07) is 0. The molecule has 0 aromatic heterocycles. The van der Waals surface area contributed by atoms with Crippen molar-refractivity contribution in [3.05, 3.63) is 0 Å². The maximum atomic E-state index is 5.92. The van der Waals surface area contributed by atoms with Crippen LogP contribution in [0.2, 0.25) is 0 Å². The third kappa shape index (κ3) is 5.29. The zero-order valence-electron chi connectivity index (χ0n) is 13.0. The van der Waals surface area contributed by atoms with E-state index in [0.29, 0.717) is 18.0 Å². The van der Waals surface area contributed by atoms with E-state index in [4.69, 9.17) is 10.5 Å². The van der Waals surface area contributed by atoms with Crippen LogP contribution in [0, 0.1) is 11.8 Å². The van der Waals surface area contributed by atoms with Crippen molar-refractivity contribution in [3.8, 4) is 0 Å². The highest BCUT2D eigenvalue weighted by Gasteiger charge is 2.22. The molecule has 2 heterocycles. The average Bonchev–Trinajstić information content (AvgIpc) is 3.04. The van der Waals surface area contributed by atoms with Crippen LogP contribution in [0.25, 0.3) is 0 Å². The second kappa shape index (κ2) is 7.84. The van der Waals surface area contributed by atoms with Crippen molar-refractivity contribution in [3.63, 3.8) is 0 Å². The molecule has 0 aliphatic carbocycles. The van der Waals surface area contributed by atoms with Crippen LogP contribution in [-0.2, 0) is 4.74 Å². The average molecular weight is 282 g/mol. The van der Waals surface area contributed by atoms with Gasteiger partial charge in [-0.1, -0.05) is 13.8 Å². The fourth-order valence-electron chi connectivity index (χ4n) is 3.05. The van der Waals surface area contributed by atoms with Gasteiger partial charge in [-0.05, 0) is 37.6 Å². The largest absolute Gasteiger partial charge is 0.376 e. The molecule has 20 heavy (non-hydrogen) atoms. The monoisotopic (exact) mass is 282 g/mol. The van der Waals surface area contributed by atoms with E-state index < -0.39 is 0 Å². The fourth-order valence-corrected chi connectivity index (χ4v) is 3.05. The van der Waals surface area contributed by atoms with Gasteiger partial charge in [0.25, 0.3) is 0 Å². The molecule has 2 rings (SSSR count). The predicted octanol–water partition coefficient (Wildman–Crippen LogP) is 1.05. The molecule has 3 N–H and O–H groups in total. The van der Waals surface area contributed by atoms with Crippen molar-refractivity contribution in [1.29, 1.82) is 0 Å². The van der Waals surface area contributed by atoms with E-state index in [1.807, 2.05) is 0 Å².